The van der Waals surface area contributed by atoms with Gasteiger partial charge in [0.15, 0.2) is 0 Å². The summed E-state index contributed by atoms with van der Waals surface area (Å²) in [7, 11) is 0. The number of halogens is 1. The fraction of sp³-hybridized carbons (Fsp3) is 0.950. The van der Waals surface area contributed by atoms with E-state index in [9.17, 15) is 4.79 Å². The molecule has 0 aromatic carbocycles. The van der Waals surface area contributed by atoms with Crippen molar-refractivity contribution in [3.8, 4) is 0 Å². The molecule has 0 rings (SSSR count). The van der Waals surface area contributed by atoms with Crippen LogP contribution in [0.4, 0.5) is 0 Å². The molecular formula is C20H43ClNOS+. The Kier molecular flexibility index (Phi) is 25.7. The number of hydrogen-bond donors (Lipinski definition) is 1. The minimum Gasteiger partial charge on any atom is -0.330 e. The zero-order valence-electron chi connectivity index (χ0n) is 16.1. The average Bonchev–Trinajstić information content (AvgIpc) is 2.56. The molecule has 0 bridgehead atoms. The summed E-state index contributed by atoms with van der Waals surface area (Å²) in [5, 5.41) is 0.630. The Hall–Kier alpha value is 0.270. The summed E-state index contributed by atoms with van der Waals surface area (Å²) in [5.41, 5.74) is 5.46. The second-order valence-electron chi connectivity index (χ2n) is 6.73. The van der Waals surface area contributed by atoms with Gasteiger partial charge in [-0.05, 0) is 37.6 Å². The summed E-state index contributed by atoms with van der Waals surface area (Å²) in [6.07, 6.45) is 21.0. The first-order valence-corrected chi connectivity index (χ1v) is 11.2. The Balaban J connectivity index is 0. The van der Waals surface area contributed by atoms with Gasteiger partial charge in [-0.3, -0.25) is 4.79 Å². The Morgan fingerprint density at radius 1 is 0.708 bits per heavy atom. The number of thioether (sulfide) groups is 1. The third-order valence-electron chi connectivity index (χ3n) is 4.36. The van der Waals surface area contributed by atoms with Crippen LogP contribution in [0.3, 0.4) is 0 Å². The number of nitrogens with two attached hydrogens (primary N) is 1. The van der Waals surface area contributed by atoms with Gasteiger partial charge in [0.1, 0.15) is 0 Å². The number of rotatable bonds is 18. The molecule has 0 heterocycles. The van der Waals surface area contributed by atoms with Gasteiger partial charge < -0.3 is 5.73 Å². The normalized spacial score (nSPS) is 10.6. The molecule has 24 heavy (non-hydrogen) atoms. The number of unbranched alkanes of at least 4 members (excludes halogenated alkanes) is 13. The van der Waals surface area contributed by atoms with E-state index >= 15 is 0 Å². The highest BCUT2D eigenvalue weighted by Crippen LogP contribution is 2.15. The van der Waals surface area contributed by atoms with Crippen molar-refractivity contribution in [1.82, 2.24) is 0 Å². The summed E-state index contributed by atoms with van der Waals surface area (Å²) in [6.45, 7) is 3.04. The standard InChI is InChI=1S/C20H41NOS.ClH/c1-2-3-4-5-6-7-8-9-10-11-12-13-14-17-20(22)23-19-16-15-18-21;/h2-19,21H2,1H3;1H/p+1. The monoisotopic (exact) mass is 380 g/mol. The molecule has 0 fully saturated rings. The van der Waals surface area contributed by atoms with Gasteiger partial charge in [-0.25, -0.2) is 0 Å². The van der Waals surface area contributed by atoms with Gasteiger partial charge in [-0.2, -0.15) is 0 Å². The van der Waals surface area contributed by atoms with Crippen molar-refractivity contribution in [2.45, 2.75) is 110 Å². The minimum absolute atomic E-state index is 0. The van der Waals surface area contributed by atoms with Gasteiger partial charge in [0.2, 0.25) is 0 Å². The molecule has 3 N–H and O–H groups in total. The molecule has 0 aliphatic rings. The van der Waals surface area contributed by atoms with Gasteiger partial charge in [-0.1, -0.05) is 84.0 Å². The third kappa shape index (κ3) is 22.3. The van der Waals surface area contributed by atoms with E-state index < -0.39 is 0 Å². The Morgan fingerprint density at radius 3 is 1.62 bits per heavy atom. The highest BCUT2D eigenvalue weighted by atomic mass is 35.5. The topological polar surface area (TPSA) is 47.4 Å². The van der Waals surface area contributed by atoms with Crippen molar-refractivity contribution in [2.75, 3.05) is 12.3 Å². The summed E-state index contributed by atoms with van der Waals surface area (Å²) < 4.78 is 0. The molecule has 2 nitrogen and oxygen atoms in total. The molecule has 0 aliphatic heterocycles. The minimum atomic E-state index is 0. The van der Waals surface area contributed by atoms with Gasteiger partial charge in [0.05, 0.1) is 6.42 Å². The lowest BCUT2D eigenvalue weighted by atomic mass is 10.0. The molecule has 0 spiro atoms. The molecule has 0 aromatic heterocycles. The number of carbonyl (C=O) groups excluding carboxylic acids is 1. The van der Waals surface area contributed by atoms with Gasteiger partial charge in [0.25, 0.3) is 0 Å². The van der Waals surface area contributed by atoms with Crippen molar-refractivity contribution in [3.63, 3.8) is 0 Å². The Labute approximate surface area is 161 Å². The van der Waals surface area contributed by atoms with Gasteiger partial charge in [-0.15, -0.1) is 12.4 Å². The zero-order valence-corrected chi connectivity index (χ0v) is 17.7. The molecule has 146 valence electrons. The van der Waals surface area contributed by atoms with E-state index in [1.165, 1.54) is 77.0 Å². The van der Waals surface area contributed by atoms with Crippen LogP contribution >= 0.6 is 24.2 Å². The second kappa shape index (κ2) is 23.3. The van der Waals surface area contributed by atoms with Crippen molar-refractivity contribution >= 4 is 29.3 Å². The predicted octanol–water partition coefficient (Wildman–Crippen LogP) is 6.86. The largest absolute Gasteiger partial charge is 0.350 e. The van der Waals surface area contributed by atoms with Gasteiger partial charge in [0, 0.05) is 5.75 Å². The van der Waals surface area contributed by atoms with Crippen LogP contribution < -0.4 is 5.73 Å². The summed E-state index contributed by atoms with van der Waals surface area (Å²) in [4.78, 5) is 9.77. The van der Waals surface area contributed by atoms with E-state index in [0.29, 0.717) is 5.12 Å². The maximum atomic E-state index is 9.77. The van der Waals surface area contributed by atoms with Crippen LogP contribution in [0.25, 0.3) is 0 Å². The van der Waals surface area contributed by atoms with E-state index in [4.69, 9.17) is 5.73 Å². The van der Waals surface area contributed by atoms with Crippen LogP contribution in [0.2, 0.25) is 0 Å². The van der Waals surface area contributed by atoms with Crippen molar-refractivity contribution in [1.29, 1.82) is 0 Å². The molecule has 0 aliphatic carbocycles. The molecule has 4 heteroatoms. The highest BCUT2D eigenvalue weighted by Gasteiger charge is 2.08. The van der Waals surface area contributed by atoms with Crippen LogP contribution in [-0.4, -0.2) is 22.2 Å². The molecular weight excluding hydrogens is 338 g/mol. The van der Waals surface area contributed by atoms with Crippen LogP contribution in [0, 0.1) is 0 Å². The first-order chi connectivity index (χ1) is 11.3. The van der Waals surface area contributed by atoms with Crippen LogP contribution in [0.15, 0.2) is 0 Å². The highest BCUT2D eigenvalue weighted by molar-refractivity contribution is 8.13. The Morgan fingerprint density at radius 2 is 1.17 bits per heavy atom. The first-order valence-electron chi connectivity index (χ1n) is 10.2. The van der Waals surface area contributed by atoms with Gasteiger partial charge >= 0.3 is 5.12 Å². The van der Waals surface area contributed by atoms with Crippen LogP contribution in [-0.2, 0) is 0 Å². The number of hydrogen-bond acceptors (Lipinski definition) is 2. The fourth-order valence-corrected chi connectivity index (χ4v) is 3.68. The first kappa shape index (κ1) is 26.5. The average molecular weight is 381 g/mol. The molecule has 0 aromatic rings. The molecule has 0 unspecified atom stereocenters. The SMILES string of the molecule is CCCCCCCCCCCCCCCC(=[OH+])SCCCCN.Cl. The van der Waals surface area contributed by atoms with E-state index in [0.717, 1.165) is 38.0 Å². The maximum Gasteiger partial charge on any atom is 0.350 e. The molecule has 0 saturated carbocycles. The van der Waals surface area contributed by atoms with Crippen molar-refractivity contribution in [3.05, 3.63) is 0 Å². The molecule has 0 atom stereocenters. The second-order valence-corrected chi connectivity index (χ2v) is 7.90. The van der Waals surface area contributed by atoms with Crippen LogP contribution in [0.5, 0.6) is 0 Å². The fourth-order valence-electron chi connectivity index (χ4n) is 2.80. The van der Waals surface area contributed by atoms with E-state index in [-0.39, 0.29) is 12.4 Å². The smallest absolute Gasteiger partial charge is 0.330 e. The lowest BCUT2D eigenvalue weighted by Crippen LogP contribution is -2.00. The Bertz CT molecular complexity index is 252. The lowest BCUT2D eigenvalue weighted by molar-refractivity contribution is 0.540. The lowest BCUT2D eigenvalue weighted by Gasteiger charge is -2.02. The summed E-state index contributed by atoms with van der Waals surface area (Å²) in [6, 6.07) is 0. The summed E-state index contributed by atoms with van der Waals surface area (Å²) >= 11 is 1.62. The van der Waals surface area contributed by atoms with Crippen LogP contribution in [0.1, 0.15) is 110 Å². The summed E-state index contributed by atoms with van der Waals surface area (Å²) in [5.74, 6) is 1.02. The quantitative estimate of drug-likeness (QED) is 0.208. The van der Waals surface area contributed by atoms with E-state index in [1.54, 1.807) is 11.8 Å². The van der Waals surface area contributed by atoms with Crippen molar-refractivity contribution in [2.24, 2.45) is 5.73 Å². The van der Waals surface area contributed by atoms with E-state index in [2.05, 4.69) is 6.92 Å². The maximum absolute atomic E-state index is 9.77. The van der Waals surface area contributed by atoms with Crippen molar-refractivity contribution < 1.29 is 4.79 Å². The third-order valence-corrected chi connectivity index (χ3v) is 5.39. The molecule has 0 amide bonds. The van der Waals surface area contributed by atoms with E-state index in [1.807, 2.05) is 0 Å². The predicted molar refractivity (Wildman–Crippen MR) is 115 cm³/mol. The molecule has 0 saturated heterocycles. The molecule has 0 radical (unpaired) electrons. The zero-order chi connectivity index (χ0) is 17.0.